The summed E-state index contributed by atoms with van der Waals surface area (Å²) < 4.78 is 31.5. The number of nitrogens with one attached hydrogen (secondary N) is 1. The summed E-state index contributed by atoms with van der Waals surface area (Å²) in [5.74, 6) is -0.965. The van der Waals surface area contributed by atoms with Crippen LogP contribution in [-0.4, -0.2) is 49.8 Å². The molecule has 0 unspecified atom stereocenters. The second-order valence-corrected chi connectivity index (χ2v) is 8.40. The Labute approximate surface area is 147 Å². The number of hydrogen-bond donors (Lipinski definition) is 1. The van der Waals surface area contributed by atoms with Crippen molar-refractivity contribution >= 4 is 21.9 Å². The first kappa shape index (κ1) is 17.9. The summed E-state index contributed by atoms with van der Waals surface area (Å²) in [4.78, 5) is 24.1. The molecular weight excluding hydrogens is 344 g/mol. The predicted molar refractivity (Wildman–Crippen MR) is 90.5 cm³/mol. The third kappa shape index (κ3) is 4.19. The van der Waals surface area contributed by atoms with Gasteiger partial charge >= 0.3 is 5.97 Å². The van der Waals surface area contributed by atoms with Crippen LogP contribution in [0, 0.1) is 0 Å². The maximum atomic E-state index is 12.4. The standard InChI is InChI=1S/C17H22N2O5S/c1-12(16(20)18-14-6-7-14)24-17(21)13-4-8-15(9-5-13)25(22,23)19-10-2-3-11-19/h4-5,8-9,12,14H,2-3,6-7,10-11H2,1H3,(H,18,20)/t12-/m1/s1. The molecule has 1 aliphatic heterocycles. The summed E-state index contributed by atoms with van der Waals surface area (Å²) in [6, 6.07) is 5.83. The SMILES string of the molecule is C[C@@H](OC(=O)c1ccc(S(=O)(=O)N2CCCC2)cc1)C(=O)NC1CC1. The zero-order chi connectivity index (χ0) is 18.0. The molecule has 1 N–H and O–H groups in total. The van der Waals surface area contributed by atoms with Gasteiger partial charge in [0.1, 0.15) is 0 Å². The van der Waals surface area contributed by atoms with Gasteiger partial charge in [-0.05, 0) is 56.9 Å². The van der Waals surface area contributed by atoms with Crippen LogP contribution in [0.25, 0.3) is 0 Å². The van der Waals surface area contributed by atoms with Crippen LogP contribution < -0.4 is 5.32 Å². The van der Waals surface area contributed by atoms with Crippen LogP contribution in [0.1, 0.15) is 43.0 Å². The first-order chi connectivity index (χ1) is 11.9. The van der Waals surface area contributed by atoms with Crippen molar-refractivity contribution in [3.8, 4) is 0 Å². The molecule has 3 rings (SSSR count). The van der Waals surface area contributed by atoms with Gasteiger partial charge < -0.3 is 10.1 Å². The number of ether oxygens (including phenoxy) is 1. The largest absolute Gasteiger partial charge is 0.449 e. The Bertz CT molecular complexity index is 750. The number of carbonyl (C=O) groups excluding carboxylic acids is 2. The highest BCUT2D eigenvalue weighted by atomic mass is 32.2. The lowest BCUT2D eigenvalue weighted by molar-refractivity contribution is -0.129. The smallest absolute Gasteiger partial charge is 0.338 e. The van der Waals surface area contributed by atoms with Gasteiger partial charge in [0.2, 0.25) is 10.0 Å². The second kappa shape index (κ2) is 7.13. The Kier molecular flexibility index (Phi) is 5.10. The highest BCUT2D eigenvalue weighted by Gasteiger charge is 2.29. The Morgan fingerprint density at radius 3 is 2.32 bits per heavy atom. The van der Waals surface area contributed by atoms with Crippen molar-refractivity contribution in [3.05, 3.63) is 29.8 Å². The Morgan fingerprint density at radius 1 is 1.16 bits per heavy atom. The fourth-order valence-corrected chi connectivity index (χ4v) is 4.19. The Hall–Kier alpha value is -1.93. The highest BCUT2D eigenvalue weighted by Crippen LogP contribution is 2.22. The maximum Gasteiger partial charge on any atom is 0.338 e. The van der Waals surface area contributed by atoms with E-state index in [4.69, 9.17) is 4.74 Å². The fourth-order valence-electron chi connectivity index (χ4n) is 2.67. The van der Waals surface area contributed by atoms with Crippen LogP contribution in [0.4, 0.5) is 0 Å². The minimum atomic E-state index is -3.51. The van der Waals surface area contributed by atoms with Crippen molar-refractivity contribution in [3.63, 3.8) is 0 Å². The van der Waals surface area contributed by atoms with Gasteiger partial charge in [0.25, 0.3) is 5.91 Å². The van der Waals surface area contributed by atoms with E-state index in [0.717, 1.165) is 25.7 Å². The normalized spacial score (nSPS) is 19.4. The maximum absolute atomic E-state index is 12.4. The molecular formula is C17H22N2O5S. The molecule has 7 nitrogen and oxygen atoms in total. The summed E-state index contributed by atoms with van der Waals surface area (Å²) in [5.41, 5.74) is 0.214. The van der Waals surface area contributed by atoms with Gasteiger partial charge in [-0.25, -0.2) is 13.2 Å². The molecule has 1 atom stereocenters. The minimum absolute atomic E-state index is 0.158. The van der Waals surface area contributed by atoms with Gasteiger partial charge in [-0.15, -0.1) is 0 Å². The molecule has 0 bridgehead atoms. The van der Waals surface area contributed by atoms with E-state index < -0.39 is 22.1 Å². The lowest BCUT2D eigenvalue weighted by Gasteiger charge is -2.16. The topological polar surface area (TPSA) is 92.8 Å². The molecule has 1 saturated carbocycles. The monoisotopic (exact) mass is 366 g/mol. The zero-order valence-corrected chi connectivity index (χ0v) is 14.9. The molecule has 136 valence electrons. The number of nitrogens with zero attached hydrogens (tertiary/aromatic N) is 1. The molecule has 2 aliphatic rings. The Morgan fingerprint density at radius 2 is 1.76 bits per heavy atom. The number of carbonyl (C=O) groups is 2. The van der Waals surface area contributed by atoms with Crippen LogP contribution in [0.5, 0.6) is 0 Å². The number of esters is 1. The molecule has 25 heavy (non-hydrogen) atoms. The minimum Gasteiger partial charge on any atom is -0.449 e. The van der Waals surface area contributed by atoms with Crippen molar-refractivity contribution < 1.29 is 22.7 Å². The number of amides is 1. The molecule has 1 heterocycles. The number of benzene rings is 1. The first-order valence-corrected chi connectivity index (χ1v) is 9.93. The molecule has 8 heteroatoms. The van der Waals surface area contributed by atoms with Crippen LogP contribution in [0.15, 0.2) is 29.2 Å². The second-order valence-electron chi connectivity index (χ2n) is 6.47. The van der Waals surface area contributed by atoms with Gasteiger partial charge in [-0.2, -0.15) is 4.31 Å². The van der Waals surface area contributed by atoms with E-state index >= 15 is 0 Å². The van der Waals surface area contributed by atoms with Crippen molar-refractivity contribution in [2.24, 2.45) is 0 Å². The summed E-state index contributed by atoms with van der Waals surface area (Å²) >= 11 is 0. The quantitative estimate of drug-likeness (QED) is 0.766. The van der Waals surface area contributed by atoms with Crippen LogP contribution >= 0.6 is 0 Å². The first-order valence-electron chi connectivity index (χ1n) is 8.49. The van der Waals surface area contributed by atoms with Crippen molar-refractivity contribution in [2.75, 3.05) is 13.1 Å². The highest BCUT2D eigenvalue weighted by molar-refractivity contribution is 7.89. The zero-order valence-electron chi connectivity index (χ0n) is 14.1. The van der Waals surface area contributed by atoms with E-state index in [1.165, 1.54) is 35.5 Å². The van der Waals surface area contributed by atoms with Gasteiger partial charge in [0, 0.05) is 19.1 Å². The van der Waals surface area contributed by atoms with Gasteiger partial charge in [-0.1, -0.05) is 0 Å². The molecule has 1 aliphatic carbocycles. The summed E-state index contributed by atoms with van der Waals surface area (Å²) in [6.07, 6.45) is 2.76. The number of rotatable bonds is 6. The average molecular weight is 366 g/mol. The van der Waals surface area contributed by atoms with E-state index in [2.05, 4.69) is 5.32 Å². The van der Waals surface area contributed by atoms with Crippen LogP contribution in [0.2, 0.25) is 0 Å². The van der Waals surface area contributed by atoms with E-state index in [1.54, 1.807) is 0 Å². The molecule has 1 aromatic rings. The molecule has 2 fully saturated rings. The average Bonchev–Trinajstić information content (AvgIpc) is 3.23. The molecule has 1 amide bonds. The summed E-state index contributed by atoms with van der Waals surface area (Å²) in [6.45, 7) is 2.57. The molecule has 0 aromatic heterocycles. The molecule has 1 saturated heterocycles. The number of sulfonamides is 1. The lowest BCUT2D eigenvalue weighted by Crippen LogP contribution is -2.37. The van der Waals surface area contributed by atoms with E-state index in [0.29, 0.717) is 13.1 Å². The third-order valence-electron chi connectivity index (χ3n) is 4.37. The third-order valence-corrected chi connectivity index (χ3v) is 6.28. The van der Waals surface area contributed by atoms with Crippen LogP contribution in [-0.2, 0) is 19.6 Å². The van der Waals surface area contributed by atoms with E-state index in [-0.39, 0.29) is 22.4 Å². The van der Waals surface area contributed by atoms with Gasteiger partial charge in [0.15, 0.2) is 6.10 Å². The van der Waals surface area contributed by atoms with Crippen molar-refractivity contribution in [1.29, 1.82) is 0 Å². The summed E-state index contributed by atoms with van der Waals surface area (Å²) in [5, 5.41) is 2.77. The van der Waals surface area contributed by atoms with E-state index in [9.17, 15) is 18.0 Å². The molecule has 0 spiro atoms. The van der Waals surface area contributed by atoms with Gasteiger partial charge in [0.05, 0.1) is 10.5 Å². The lowest BCUT2D eigenvalue weighted by atomic mass is 10.2. The van der Waals surface area contributed by atoms with E-state index in [1.807, 2.05) is 0 Å². The molecule has 0 radical (unpaired) electrons. The Balaban J connectivity index is 1.63. The predicted octanol–water partition coefficient (Wildman–Crippen LogP) is 1.29. The molecule has 1 aromatic carbocycles. The van der Waals surface area contributed by atoms with Gasteiger partial charge in [-0.3, -0.25) is 4.79 Å². The van der Waals surface area contributed by atoms with Crippen molar-refractivity contribution in [1.82, 2.24) is 9.62 Å². The summed E-state index contributed by atoms with van der Waals surface area (Å²) in [7, 11) is -3.51. The van der Waals surface area contributed by atoms with Crippen molar-refractivity contribution in [2.45, 2.75) is 49.6 Å². The number of hydrogen-bond acceptors (Lipinski definition) is 5. The van der Waals surface area contributed by atoms with Crippen LogP contribution in [0.3, 0.4) is 0 Å². The fraction of sp³-hybridized carbons (Fsp3) is 0.529.